The van der Waals surface area contributed by atoms with Gasteiger partial charge in [0.05, 0.1) is 12.2 Å². The van der Waals surface area contributed by atoms with Crippen molar-refractivity contribution in [3.63, 3.8) is 0 Å². The summed E-state index contributed by atoms with van der Waals surface area (Å²) in [4.78, 5) is 30.1. The van der Waals surface area contributed by atoms with Gasteiger partial charge in [-0.2, -0.15) is 0 Å². The van der Waals surface area contributed by atoms with Gasteiger partial charge in [-0.05, 0) is 34.1 Å². The quantitative estimate of drug-likeness (QED) is 0.755. The van der Waals surface area contributed by atoms with E-state index in [0.29, 0.717) is 15.7 Å². The van der Waals surface area contributed by atoms with Crippen LogP contribution >= 0.6 is 15.9 Å². The van der Waals surface area contributed by atoms with E-state index in [0.717, 1.165) is 0 Å². The van der Waals surface area contributed by atoms with E-state index < -0.39 is 0 Å². The maximum absolute atomic E-state index is 12.8. The summed E-state index contributed by atoms with van der Waals surface area (Å²) in [5.41, 5.74) is 1.14. The number of amides is 2. The van der Waals surface area contributed by atoms with Gasteiger partial charge in [0, 0.05) is 42.1 Å². The van der Waals surface area contributed by atoms with E-state index in [2.05, 4.69) is 26.2 Å². The normalized spacial score (nSPS) is 10.2. The summed E-state index contributed by atoms with van der Waals surface area (Å²) in [6.45, 7) is 0.317. The smallest absolute Gasteiger partial charge is 0.259 e. The van der Waals surface area contributed by atoms with Crippen LogP contribution in [-0.2, 0) is 4.79 Å². The van der Waals surface area contributed by atoms with Crippen LogP contribution in [0.1, 0.15) is 16.8 Å². The fourth-order valence-corrected chi connectivity index (χ4v) is 2.50. The van der Waals surface area contributed by atoms with E-state index in [9.17, 15) is 9.59 Å². The van der Waals surface area contributed by atoms with Crippen molar-refractivity contribution >= 4 is 33.4 Å². The van der Waals surface area contributed by atoms with Crippen LogP contribution in [0.4, 0.5) is 5.69 Å². The number of carbonyl (C=O) groups is 2. The minimum absolute atomic E-state index is 0.114. The van der Waals surface area contributed by atoms with Gasteiger partial charge < -0.3 is 15.3 Å². The Balaban J connectivity index is 2.17. The number of pyridine rings is 1. The summed E-state index contributed by atoms with van der Waals surface area (Å²) in [6, 6.07) is 10.9. The molecule has 2 rings (SSSR count). The molecule has 126 valence electrons. The molecule has 0 aliphatic heterocycles. The van der Waals surface area contributed by atoms with Crippen molar-refractivity contribution in [1.29, 1.82) is 0 Å². The standard InChI is InChI=1S/C17H18BrN3O3/c18-14-10-13(11-19-12-14)17(24)21(15-4-2-1-3-5-15)8-6-16(23)20-7-9-22/h1-5,10-12,22H,6-9H2,(H,20,23). The summed E-state index contributed by atoms with van der Waals surface area (Å²) in [7, 11) is 0. The Morgan fingerprint density at radius 2 is 1.96 bits per heavy atom. The maximum Gasteiger partial charge on any atom is 0.259 e. The molecule has 0 bridgehead atoms. The lowest BCUT2D eigenvalue weighted by molar-refractivity contribution is -0.121. The van der Waals surface area contributed by atoms with Gasteiger partial charge in [-0.3, -0.25) is 14.6 Å². The lowest BCUT2D eigenvalue weighted by Crippen LogP contribution is -2.36. The molecule has 1 heterocycles. The molecule has 0 spiro atoms. The van der Waals surface area contributed by atoms with Crippen LogP contribution in [0, 0.1) is 0 Å². The first-order valence-corrected chi connectivity index (χ1v) is 8.26. The number of para-hydroxylation sites is 1. The van der Waals surface area contributed by atoms with Gasteiger partial charge in [0.15, 0.2) is 0 Å². The third kappa shape index (κ3) is 5.14. The second kappa shape index (κ2) is 9.14. The number of carbonyl (C=O) groups excluding carboxylic acids is 2. The molecule has 0 radical (unpaired) electrons. The van der Waals surface area contributed by atoms with E-state index in [1.165, 1.54) is 6.20 Å². The van der Waals surface area contributed by atoms with Crippen LogP contribution in [0.2, 0.25) is 0 Å². The van der Waals surface area contributed by atoms with Crippen molar-refractivity contribution in [3.8, 4) is 0 Å². The van der Waals surface area contributed by atoms with E-state index in [1.54, 1.807) is 17.2 Å². The van der Waals surface area contributed by atoms with E-state index in [1.807, 2.05) is 30.3 Å². The molecule has 24 heavy (non-hydrogen) atoms. The Labute approximate surface area is 148 Å². The minimum Gasteiger partial charge on any atom is -0.395 e. The zero-order valence-corrected chi connectivity index (χ0v) is 14.6. The van der Waals surface area contributed by atoms with Crippen LogP contribution in [0.25, 0.3) is 0 Å². The second-order valence-electron chi connectivity index (χ2n) is 5.01. The first-order valence-electron chi connectivity index (χ1n) is 7.47. The highest BCUT2D eigenvalue weighted by Crippen LogP contribution is 2.18. The number of nitrogens with zero attached hydrogens (tertiary/aromatic N) is 2. The van der Waals surface area contributed by atoms with Crippen LogP contribution in [0.15, 0.2) is 53.3 Å². The average Bonchev–Trinajstić information content (AvgIpc) is 2.61. The minimum atomic E-state index is -0.232. The molecule has 0 saturated heterocycles. The number of aliphatic hydroxyl groups is 1. The van der Waals surface area contributed by atoms with Crippen molar-refractivity contribution in [1.82, 2.24) is 10.3 Å². The summed E-state index contributed by atoms with van der Waals surface area (Å²) in [6.07, 6.45) is 3.24. The molecule has 0 aliphatic carbocycles. The number of aliphatic hydroxyl groups excluding tert-OH is 1. The molecule has 0 unspecified atom stereocenters. The highest BCUT2D eigenvalue weighted by molar-refractivity contribution is 9.10. The highest BCUT2D eigenvalue weighted by atomic mass is 79.9. The van der Waals surface area contributed by atoms with Gasteiger partial charge in [-0.25, -0.2) is 0 Å². The van der Waals surface area contributed by atoms with Crippen LogP contribution in [-0.4, -0.2) is 41.6 Å². The topological polar surface area (TPSA) is 82.5 Å². The predicted molar refractivity (Wildman–Crippen MR) is 94.8 cm³/mol. The molecule has 1 aromatic carbocycles. The zero-order valence-electron chi connectivity index (χ0n) is 13.0. The number of anilines is 1. The van der Waals surface area contributed by atoms with Crippen molar-refractivity contribution in [2.75, 3.05) is 24.6 Å². The van der Waals surface area contributed by atoms with Crippen molar-refractivity contribution < 1.29 is 14.7 Å². The Bertz CT molecular complexity index is 694. The molecule has 2 N–H and O–H groups in total. The van der Waals surface area contributed by atoms with Gasteiger partial charge in [0.25, 0.3) is 5.91 Å². The average molecular weight is 392 g/mol. The van der Waals surface area contributed by atoms with Crippen molar-refractivity contribution in [2.24, 2.45) is 0 Å². The van der Waals surface area contributed by atoms with E-state index >= 15 is 0 Å². The van der Waals surface area contributed by atoms with Crippen molar-refractivity contribution in [3.05, 3.63) is 58.8 Å². The Kier molecular flexibility index (Phi) is 6.89. The molecule has 0 saturated carbocycles. The summed E-state index contributed by atoms with van der Waals surface area (Å²) < 4.78 is 0.710. The maximum atomic E-state index is 12.8. The summed E-state index contributed by atoms with van der Waals surface area (Å²) in [5.74, 6) is -0.449. The van der Waals surface area contributed by atoms with Gasteiger partial charge >= 0.3 is 0 Å². The van der Waals surface area contributed by atoms with Gasteiger partial charge in [0.1, 0.15) is 0 Å². The predicted octanol–water partition coefficient (Wildman–Crippen LogP) is 1.99. The third-order valence-corrected chi connectivity index (χ3v) is 3.69. The molecular weight excluding hydrogens is 374 g/mol. The van der Waals surface area contributed by atoms with Crippen LogP contribution in [0.3, 0.4) is 0 Å². The molecule has 0 fully saturated rings. The monoisotopic (exact) mass is 391 g/mol. The molecule has 0 aliphatic rings. The van der Waals surface area contributed by atoms with Crippen LogP contribution < -0.4 is 10.2 Å². The number of aromatic nitrogens is 1. The van der Waals surface area contributed by atoms with Crippen LogP contribution in [0.5, 0.6) is 0 Å². The number of hydrogen-bond donors (Lipinski definition) is 2. The SMILES string of the molecule is O=C(CCN(C(=O)c1cncc(Br)c1)c1ccccc1)NCCO. The van der Waals surface area contributed by atoms with Gasteiger partial charge in [-0.15, -0.1) is 0 Å². The molecular formula is C17H18BrN3O3. The number of rotatable bonds is 7. The second-order valence-corrected chi connectivity index (χ2v) is 5.92. The van der Waals surface area contributed by atoms with Crippen molar-refractivity contribution in [2.45, 2.75) is 6.42 Å². The third-order valence-electron chi connectivity index (χ3n) is 3.26. The molecule has 2 amide bonds. The number of hydrogen-bond acceptors (Lipinski definition) is 4. The number of halogens is 1. The summed E-state index contributed by atoms with van der Waals surface area (Å²) >= 11 is 3.31. The molecule has 0 atom stereocenters. The largest absolute Gasteiger partial charge is 0.395 e. The molecule has 1 aromatic heterocycles. The first kappa shape index (κ1) is 18.1. The fraction of sp³-hybridized carbons (Fsp3) is 0.235. The first-order chi connectivity index (χ1) is 11.6. The van der Waals surface area contributed by atoms with E-state index in [-0.39, 0.29) is 37.9 Å². The number of nitrogens with one attached hydrogen (secondary N) is 1. The Morgan fingerprint density at radius 1 is 1.21 bits per heavy atom. The molecule has 7 heteroatoms. The highest BCUT2D eigenvalue weighted by Gasteiger charge is 2.19. The van der Waals surface area contributed by atoms with E-state index in [4.69, 9.17) is 5.11 Å². The van der Waals surface area contributed by atoms with Gasteiger partial charge in [-0.1, -0.05) is 18.2 Å². The number of benzene rings is 1. The Hall–Kier alpha value is -2.25. The van der Waals surface area contributed by atoms with Gasteiger partial charge in [0.2, 0.25) is 5.91 Å². The molecule has 6 nitrogen and oxygen atoms in total. The zero-order chi connectivity index (χ0) is 17.4. The molecule has 2 aromatic rings. The fourth-order valence-electron chi connectivity index (χ4n) is 2.14. The lowest BCUT2D eigenvalue weighted by atomic mass is 10.2. The Morgan fingerprint density at radius 3 is 2.62 bits per heavy atom. The summed E-state index contributed by atoms with van der Waals surface area (Å²) in [5, 5.41) is 11.3. The lowest BCUT2D eigenvalue weighted by Gasteiger charge is -2.22.